The lowest BCUT2D eigenvalue weighted by atomic mass is 10.1. The van der Waals surface area contributed by atoms with Crippen LogP contribution >= 0.6 is 11.6 Å². The van der Waals surface area contributed by atoms with Crippen molar-refractivity contribution < 1.29 is 9.59 Å². The molecule has 1 aromatic rings. The van der Waals surface area contributed by atoms with Gasteiger partial charge in [0.25, 0.3) is 0 Å². The summed E-state index contributed by atoms with van der Waals surface area (Å²) in [4.78, 5) is 24.9. The van der Waals surface area contributed by atoms with E-state index in [-0.39, 0.29) is 18.2 Å². The van der Waals surface area contributed by atoms with Crippen molar-refractivity contribution in [1.29, 1.82) is 0 Å². The van der Waals surface area contributed by atoms with E-state index in [1.807, 2.05) is 26.0 Å². The van der Waals surface area contributed by atoms with Crippen LogP contribution in [0.25, 0.3) is 0 Å². The Kier molecular flexibility index (Phi) is 6.43. The molecule has 1 rings (SSSR count). The smallest absolute Gasteiger partial charge is 0.226 e. The van der Waals surface area contributed by atoms with Gasteiger partial charge in [-0.2, -0.15) is 0 Å². The van der Waals surface area contributed by atoms with Gasteiger partial charge in [0.2, 0.25) is 11.8 Å². The Morgan fingerprint density at radius 2 is 2.05 bits per heavy atom. The zero-order valence-corrected chi connectivity index (χ0v) is 13.5. The van der Waals surface area contributed by atoms with E-state index in [2.05, 4.69) is 11.9 Å². The number of hydrogen-bond donors (Lipinski definition) is 1. The molecule has 0 radical (unpaired) electrons. The van der Waals surface area contributed by atoms with Gasteiger partial charge in [0.15, 0.2) is 0 Å². The van der Waals surface area contributed by atoms with E-state index in [0.29, 0.717) is 23.8 Å². The first kappa shape index (κ1) is 17.2. The minimum absolute atomic E-state index is 0.0766. The predicted octanol–water partition coefficient (Wildman–Crippen LogP) is 3.32. The van der Waals surface area contributed by atoms with E-state index in [4.69, 9.17) is 11.6 Å². The van der Waals surface area contributed by atoms with Gasteiger partial charge in [-0.1, -0.05) is 23.7 Å². The summed E-state index contributed by atoms with van der Waals surface area (Å²) in [6.45, 7) is 9.71. The van der Waals surface area contributed by atoms with Gasteiger partial charge < -0.3 is 10.2 Å². The molecule has 5 heteroatoms. The fourth-order valence-corrected chi connectivity index (χ4v) is 2.41. The number of rotatable bonds is 6. The molecule has 0 bridgehead atoms. The number of benzene rings is 1. The highest BCUT2D eigenvalue weighted by Crippen LogP contribution is 2.27. The Bertz CT molecular complexity index is 532. The molecule has 0 atom stereocenters. The maximum absolute atomic E-state index is 12.0. The molecular formula is C16H21ClN2O2. The summed E-state index contributed by atoms with van der Waals surface area (Å²) < 4.78 is 0. The first-order valence-corrected chi connectivity index (χ1v) is 7.16. The van der Waals surface area contributed by atoms with Gasteiger partial charge in [0.05, 0.1) is 10.7 Å². The van der Waals surface area contributed by atoms with Crippen LogP contribution < -0.4 is 5.32 Å². The third kappa shape index (κ3) is 5.23. The highest BCUT2D eigenvalue weighted by Gasteiger charge is 2.12. The lowest BCUT2D eigenvalue weighted by Gasteiger charge is -2.19. The van der Waals surface area contributed by atoms with Gasteiger partial charge >= 0.3 is 0 Å². The van der Waals surface area contributed by atoms with E-state index < -0.39 is 0 Å². The third-order valence-electron chi connectivity index (χ3n) is 3.10. The molecule has 2 amide bonds. The summed E-state index contributed by atoms with van der Waals surface area (Å²) in [5.74, 6) is -0.244. The quantitative estimate of drug-likeness (QED) is 0.820. The molecule has 0 saturated heterocycles. The van der Waals surface area contributed by atoms with Crippen molar-refractivity contribution in [1.82, 2.24) is 4.90 Å². The largest absolute Gasteiger partial charge is 0.339 e. The van der Waals surface area contributed by atoms with Crippen LogP contribution in [0.3, 0.4) is 0 Å². The first-order valence-electron chi connectivity index (χ1n) is 6.78. The average Bonchev–Trinajstić information content (AvgIpc) is 2.38. The maximum atomic E-state index is 12.0. The van der Waals surface area contributed by atoms with Crippen LogP contribution in [0.2, 0.25) is 5.02 Å². The molecule has 0 aromatic heterocycles. The van der Waals surface area contributed by atoms with E-state index in [1.54, 1.807) is 11.0 Å². The summed E-state index contributed by atoms with van der Waals surface area (Å²) >= 11 is 6.15. The minimum Gasteiger partial charge on any atom is -0.339 e. The molecule has 21 heavy (non-hydrogen) atoms. The summed E-state index contributed by atoms with van der Waals surface area (Å²) in [7, 11) is 0. The number of halogens is 1. The second-order valence-corrected chi connectivity index (χ2v) is 5.40. The van der Waals surface area contributed by atoms with Crippen LogP contribution in [0, 0.1) is 13.8 Å². The molecule has 0 fully saturated rings. The fourth-order valence-electron chi connectivity index (χ4n) is 2.05. The Labute approximate surface area is 130 Å². The normalized spacial score (nSPS) is 10.1. The minimum atomic E-state index is -0.167. The van der Waals surface area contributed by atoms with E-state index in [9.17, 15) is 9.59 Å². The molecular weight excluding hydrogens is 288 g/mol. The SMILES string of the molecule is C=CCN(CCC(=O)Nc1c(C)cc(C)cc1Cl)C(C)=O. The van der Waals surface area contributed by atoms with Crippen molar-refractivity contribution in [3.05, 3.63) is 40.9 Å². The van der Waals surface area contributed by atoms with E-state index in [1.165, 1.54) is 6.92 Å². The Morgan fingerprint density at radius 3 is 2.57 bits per heavy atom. The molecule has 1 aromatic carbocycles. The standard InChI is InChI=1S/C16H21ClN2O2/c1-5-7-19(13(4)20)8-6-15(21)18-16-12(3)9-11(2)10-14(16)17/h5,9-10H,1,6-8H2,2-4H3,(H,18,21). The lowest BCUT2D eigenvalue weighted by Crippen LogP contribution is -2.32. The molecule has 0 aliphatic rings. The fraction of sp³-hybridized carbons (Fsp3) is 0.375. The summed E-state index contributed by atoms with van der Waals surface area (Å²) in [6.07, 6.45) is 1.86. The monoisotopic (exact) mass is 308 g/mol. The summed E-state index contributed by atoms with van der Waals surface area (Å²) in [5, 5.41) is 3.33. The molecule has 0 spiro atoms. The third-order valence-corrected chi connectivity index (χ3v) is 3.40. The molecule has 1 N–H and O–H groups in total. The second-order valence-electron chi connectivity index (χ2n) is 4.99. The molecule has 4 nitrogen and oxygen atoms in total. The lowest BCUT2D eigenvalue weighted by molar-refractivity contribution is -0.128. The average molecular weight is 309 g/mol. The zero-order chi connectivity index (χ0) is 16.0. The predicted molar refractivity (Wildman–Crippen MR) is 86.6 cm³/mol. The molecule has 0 aliphatic carbocycles. The molecule has 0 aliphatic heterocycles. The van der Waals surface area contributed by atoms with Crippen LogP contribution in [0.5, 0.6) is 0 Å². The van der Waals surface area contributed by atoms with Gasteiger partial charge in [0.1, 0.15) is 0 Å². The Morgan fingerprint density at radius 1 is 1.38 bits per heavy atom. The Balaban J connectivity index is 2.66. The van der Waals surface area contributed by atoms with Crippen molar-refractivity contribution in [2.24, 2.45) is 0 Å². The van der Waals surface area contributed by atoms with E-state index in [0.717, 1.165) is 11.1 Å². The number of carbonyl (C=O) groups excluding carboxylic acids is 2. The van der Waals surface area contributed by atoms with E-state index >= 15 is 0 Å². The molecule has 0 saturated carbocycles. The van der Waals surface area contributed by atoms with Gasteiger partial charge in [-0.3, -0.25) is 9.59 Å². The van der Waals surface area contributed by atoms with Gasteiger partial charge in [-0.05, 0) is 31.0 Å². The van der Waals surface area contributed by atoms with Crippen molar-refractivity contribution in [3.8, 4) is 0 Å². The first-order chi connectivity index (χ1) is 9.85. The Hall–Kier alpha value is -1.81. The second kappa shape index (κ2) is 7.84. The topological polar surface area (TPSA) is 49.4 Å². The zero-order valence-electron chi connectivity index (χ0n) is 12.7. The highest BCUT2D eigenvalue weighted by atomic mass is 35.5. The van der Waals surface area contributed by atoms with Crippen molar-refractivity contribution in [2.45, 2.75) is 27.2 Å². The number of nitrogens with one attached hydrogen (secondary N) is 1. The molecule has 0 heterocycles. The number of nitrogens with zero attached hydrogens (tertiary/aromatic N) is 1. The van der Waals surface area contributed by atoms with Gasteiger partial charge in [-0.25, -0.2) is 0 Å². The number of carbonyl (C=O) groups is 2. The van der Waals surface area contributed by atoms with Crippen LogP contribution in [-0.2, 0) is 9.59 Å². The number of hydrogen-bond acceptors (Lipinski definition) is 2. The number of anilines is 1. The molecule has 114 valence electrons. The van der Waals surface area contributed by atoms with Crippen LogP contribution in [-0.4, -0.2) is 29.8 Å². The van der Waals surface area contributed by atoms with Crippen LogP contribution in [0.1, 0.15) is 24.5 Å². The van der Waals surface area contributed by atoms with Gasteiger partial charge in [-0.15, -0.1) is 6.58 Å². The number of aryl methyl sites for hydroxylation is 2. The molecule has 0 unspecified atom stereocenters. The van der Waals surface area contributed by atoms with Crippen LogP contribution in [0.15, 0.2) is 24.8 Å². The summed E-state index contributed by atoms with van der Waals surface area (Å²) in [6, 6.07) is 3.77. The van der Waals surface area contributed by atoms with Crippen molar-refractivity contribution >= 4 is 29.1 Å². The number of amides is 2. The van der Waals surface area contributed by atoms with Crippen molar-refractivity contribution in [2.75, 3.05) is 18.4 Å². The summed E-state index contributed by atoms with van der Waals surface area (Å²) in [5.41, 5.74) is 2.59. The highest BCUT2D eigenvalue weighted by molar-refractivity contribution is 6.34. The van der Waals surface area contributed by atoms with Gasteiger partial charge in [0, 0.05) is 26.4 Å². The van der Waals surface area contributed by atoms with Crippen LogP contribution in [0.4, 0.5) is 5.69 Å². The maximum Gasteiger partial charge on any atom is 0.226 e. The van der Waals surface area contributed by atoms with Crippen molar-refractivity contribution in [3.63, 3.8) is 0 Å².